The fraction of sp³-hybridized carbons (Fsp3) is 0.357. The van der Waals surface area contributed by atoms with Gasteiger partial charge in [0, 0.05) is 5.56 Å². The van der Waals surface area contributed by atoms with Gasteiger partial charge in [0.25, 0.3) is 0 Å². The zero-order chi connectivity index (χ0) is 20.1. The number of hydrogen-bond acceptors (Lipinski definition) is 1. The molecular weight excluding hydrogens is 352 g/mol. The second kappa shape index (κ2) is 9.31. The Morgan fingerprint density at radius 1 is 0.690 bits per heavy atom. The number of rotatable bonds is 9. The van der Waals surface area contributed by atoms with Crippen molar-refractivity contribution in [3.05, 3.63) is 77.4 Å². The second-order valence-electron chi connectivity index (χ2n) is 8.39. The fourth-order valence-corrected chi connectivity index (χ4v) is 4.65. The number of phenolic OH excluding ortho intramolecular Hbond substituents is 1. The lowest BCUT2D eigenvalue weighted by atomic mass is 9.93. The smallest absolute Gasteiger partial charge is 0.123 e. The molecule has 0 radical (unpaired) electrons. The Kier molecular flexibility index (Phi) is 6.34. The first-order valence-electron chi connectivity index (χ1n) is 11.3. The highest BCUT2D eigenvalue weighted by atomic mass is 16.3. The predicted octanol–water partition coefficient (Wildman–Crippen LogP) is 7.92. The molecule has 3 aromatic rings. The Balaban J connectivity index is 1.49. The summed E-state index contributed by atoms with van der Waals surface area (Å²) in [6.07, 6.45) is 11.3. The van der Waals surface area contributed by atoms with Gasteiger partial charge in [0.2, 0.25) is 0 Å². The molecule has 29 heavy (non-hydrogen) atoms. The van der Waals surface area contributed by atoms with Crippen LogP contribution in [0.5, 0.6) is 5.75 Å². The Labute approximate surface area is 175 Å². The van der Waals surface area contributed by atoms with Crippen LogP contribution in [0.1, 0.15) is 68.6 Å². The average molecular weight is 385 g/mol. The lowest BCUT2D eigenvalue weighted by Gasteiger charge is -2.12. The number of benzene rings is 3. The molecule has 0 fully saturated rings. The quantitative estimate of drug-likeness (QED) is 0.290. The van der Waals surface area contributed by atoms with Crippen molar-refractivity contribution in [2.45, 2.75) is 64.7 Å². The van der Waals surface area contributed by atoms with Gasteiger partial charge in [-0.05, 0) is 64.8 Å². The maximum Gasteiger partial charge on any atom is 0.123 e. The first-order valence-corrected chi connectivity index (χ1v) is 11.3. The van der Waals surface area contributed by atoms with Gasteiger partial charge in [-0.15, -0.1) is 0 Å². The molecule has 0 spiro atoms. The van der Waals surface area contributed by atoms with Crippen LogP contribution < -0.4 is 0 Å². The van der Waals surface area contributed by atoms with Crippen LogP contribution in [0.3, 0.4) is 0 Å². The van der Waals surface area contributed by atoms with Crippen molar-refractivity contribution in [2.24, 2.45) is 0 Å². The Morgan fingerprint density at radius 3 is 2.21 bits per heavy atom. The van der Waals surface area contributed by atoms with Gasteiger partial charge in [-0.3, -0.25) is 0 Å². The van der Waals surface area contributed by atoms with Crippen LogP contribution in [0.2, 0.25) is 0 Å². The Hall–Kier alpha value is -2.54. The standard InChI is InChI=1S/C28H32O/c1-2-3-4-5-6-7-8-12-21-17-18-28(29)27(19-21)25-16-11-15-24-23-14-10-9-13-22(23)20-26(24)25/h9-11,13-19,29H,2-8,12,20H2,1H3. The number of phenols is 1. The number of unbranched alkanes of at least 4 members (excludes halogenated alkanes) is 6. The van der Waals surface area contributed by atoms with Crippen LogP contribution >= 0.6 is 0 Å². The SMILES string of the molecule is CCCCCCCCCc1ccc(O)c(-c2cccc3c2Cc2ccccc2-3)c1. The molecule has 1 N–H and O–H groups in total. The molecule has 1 aliphatic carbocycles. The molecule has 3 aromatic carbocycles. The number of fused-ring (bicyclic) bond motifs is 3. The summed E-state index contributed by atoms with van der Waals surface area (Å²) in [6.45, 7) is 2.27. The zero-order valence-corrected chi connectivity index (χ0v) is 17.6. The predicted molar refractivity (Wildman–Crippen MR) is 123 cm³/mol. The van der Waals surface area contributed by atoms with Crippen molar-refractivity contribution < 1.29 is 5.11 Å². The molecule has 0 aliphatic heterocycles. The van der Waals surface area contributed by atoms with Crippen LogP contribution in [0, 0.1) is 0 Å². The molecule has 0 atom stereocenters. The van der Waals surface area contributed by atoms with Crippen LogP contribution in [0.4, 0.5) is 0 Å². The van der Waals surface area contributed by atoms with Gasteiger partial charge >= 0.3 is 0 Å². The normalized spacial score (nSPS) is 12.0. The fourth-order valence-electron chi connectivity index (χ4n) is 4.65. The first-order chi connectivity index (χ1) is 14.3. The van der Waals surface area contributed by atoms with Crippen LogP contribution in [0.25, 0.3) is 22.3 Å². The molecule has 0 saturated carbocycles. The van der Waals surface area contributed by atoms with E-state index in [0.29, 0.717) is 5.75 Å². The lowest BCUT2D eigenvalue weighted by Crippen LogP contribution is -1.92. The Morgan fingerprint density at radius 2 is 1.38 bits per heavy atom. The molecule has 0 saturated heterocycles. The summed E-state index contributed by atoms with van der Waals surface area (Å²) >= 11 is 0. The van der Waals surface area contributed by atoms with E-state index in [1.807, 2.05) is 6.07 Å². The highest BCUT2D eigenvalue weighted by molar-refractivity contribution is 5.86. The minimum Gasteiger partial charge on any atom is -0.507 e. The van der Waals surface area contributed by atoms with Crippen molar-refractivity contribution in [3.8, 4) is 28.0 Å². The average Bonchev–Trinajstić information content (AvgIpc) is 3.13. The topological polar surface area (TPSA) is 20.2 Å². The van der Waals surface area contributed by atoms with Gasteiger partial charge in [0.05, 0.1) is 0 Å². The van der Waals surface area contributed by atoms with Gasteiger partial charge < -0.3 is 5.11 Å². The highest BCUT2D eigenvalue weighted by Crippen LogP contribution is 2.43. The summed E-state index contributed by atoms with van der Waals surface area (Å²) in [4.78, 5) is 0. The molecule has 0 bridgehead atoms. The largest absolute Gasteiger partial charge is 0.507 e. The second-order valence-corrected chi connectivity index (χ2v) is 8.39. The number of aryl methyl sites for hydroxylation is 1. The summed E-state index contributed by atoms with van der Waals surface area (Å²) in [5.41, 5.74) is 8.87. The molecule has 1 nitrogen and oxygen atoms in total. The minimum absolute atomic E-state index is 0.387. The molecule has 0 amide bonds. The van der Waals surface area contributed by atoms with E-state index in [1.165, 1.54) is 78.3 Å². The molecule has 150 valence electrons. The van der Waals surface area contributed by atoms with Crippen molar-refractivity contribution in [1.82, 2.24) is 0 Å². The summed E-state index contributed by atoms with van der Waals surface area (Å²) < 4.78 is 0. The maximum atomic E-state index is 10.6. The lowest BCUT2D eigenvalue weighted by molar-refractivity contribution is 0.477. The van der Waals surface area contributed by atoms with Gasteiger partial charge in [-0.1, -0.05) is 94.0 Å². The summed E-state index contributed by atoms with van der Waals surface area (Å²) in [5.74, 6) is 0.387. The maximum absolute atomic E-state index is 10.6. The van der Waals surface area contributed by atoms with E-state index < -0.39 is 0 Å². The summed E-state index contributed by atoms with van der Waals surface area (Å²) in [6, 6.07) is 21.3. The zero-order valence-electron chi connectivity index (χ0n) is 17.6. The van der Waals surface area contributed by atoms with Crippen molar-refractivity contribution in [3.63, 3.8) is 0 Å². The molecule has 0 aromatic heterocycles. The molecule has 0 heterocycles. The van der Waals surface area contributed by atoms with E-state index in [1.54, 1.807) is 0 Å². The van der Waals surface area contributed by atoms with E-state index in [-0.39, 0.29) is 0 Å². The van der Waals surface area contributed by atoms with Crippen LogP contribution in [-0.2, 0) is 12.8 Å². The first kappa shape index (κ1) is 19.8. The van der Waals surface area contributed by atoms with E-state index >= 15 is 0 Å². The minimum atomic E-state index is 0.387. The number of hydrogen-bond donors (Lipinski definition) is 1. The van der Waals surface area contributed by atoms with Crippen molar-refractivity contribution >= 4 is 0 Å². The van der Waals surface area contributed by atoms with E-state index in [4.69, 9.17) is 0 Å². The van der Waals surface area contributed by atoms with Crippen LogP contribution in [-0.4, -0.2) is 5.11 Å². The van der Waals surface area contributed by atoms with Gasteiger partial charge in [0.1, 0.15) is 5.75 Å². The van der Waals surface area contributed by atoms with E-state index in [2.05, 4.69) is 61.5 Å². The van der Waals surface area contributed by atoms with Gasteiger partial charge in [-0.2, -0.15) is 0 Å². The monoisotopic (exact) mass is 384 g/mol. The van der Waals surface area contributed by atoms with Gasteiger partial charge in [0.15, 0.2) is 0 Å². The van der Waals surface area contributed by atoms with Gasteiger partial charge in [-0.25, -0.2) is 0 Å². The summed E-state index contributed by atoms with van der Waals surface area (Å²) in [5, 5.41) is 10.6. The molecule has 1 heteroatoms. The van der Waals surface area contributed by atoms with Crippen LogP contribution in [0.15, 0.2) is 60.7 Å². The molecule has 0 unspecified atom stereocenters. The molecule has 1 aliphatic rings. The van der Waals surface area contributed by atoms with Crippen molar-refractivity contribution in [1.29, 1.82) is 0 Å². The summed E-state index contributed by atoms with van der Waals surface area (Å²) in [7, 11) is 0. The third-order valence-electron chi connectivity index (χ3n) is 6.27. The third kappa shape index (κ3) is 4.40. The van der Waals surface area contributed by atoms with E-state index in [9.17, 15) is 5.11 Å². The van der Waals surface area contributed by atoms with Crippen molar-refractivity contribution in [2.75, 3.05) is 0 Å². The molecule has 4 rings (SSSR count). The third-order valence-corrected chi connectivity index (χ3v) is 6.27. The Bertz CT molecular complexity index is 970. The number of aromatic hydroxyl groups is 1. The van der Waals surface area contributed by atoms with E-state index in [0.717, 1.165) is 18.4 Å². The molecular formula is C28H32O. The highest BCUT2D eigenvalue weighted by Gasteiger charge is 2.22.